The fourth-order valence-electron chi connectivity index (χ4n) is 3.61. The molecule has 3 rings (SSSR count). The minimum Gasteiger partial charge on any atom is -0.380 e. The summed E-state index contributed by atoms with van der Waals surface area (Å²) >= 11 is 0. The Kier molecular flexibility index (Phi) is 10.1. The SMILES string of the molecule is CCNC(=NCC(Nc1ccccc1)C(C)C)NCC1CC(=O)Nc2ccccc21.I. The Morgan fingerprint density at radius 2 is 1.81 bits per heavy atom. The van der Waals surface area contributed by atoms with Crippen molar-refractivity contribution in [3.05, 3.63) is 60.2 Å². The number of carbonyl (C=O) groups is 1. The van der Waals surface area contributed by atoms with E-state index in [0.29, 0.717) is 25.4 Å². The van der Waals surface area contributed by atoms with Crippen LogP contribution in [0, 0.1) is 5.92 Å². The average molecular weight is 535 g/mol. The van der Waals surface area contributed by atoms with Gasteiger partial charge in [-0.25, -0.2) is 0 Å². The molecule has 0 saturated carbocycles. The molecule has 1 heterocycles. The number of carbonyl (C=O) groups excluding carboxylic acids is 1. The van der Waals surface area contributed by atoms with E-state index in [-0.39, 0.29) is 41.8 Å². The second-order valence-electron chi connectivity index (χ2n) is 8.00. The lowest BCUT2D eigenvalue weighted by Crippen LogP contribution is -2.41. The van der Waals surface area contributed by atoms with Crippen LogP contribution in [0.15, 0.2) is 59.6 Å². The first-order valence-corrected chi connectivity index (χ1v) is 10.8. The highest BCUT2D eigenvalue weighted by Crippen LogP contribution is 2.31. The lowest BCUT2D eigenvalue weighted by Gasteiger charge is -2.27. The number of nitrogens with zero attached hydrogens (tertiary/aromatic N) is 1. The minimum atomic E-state index is 0. The Balaban J connectivity index is 0.00000341. The third-order valence-electron chi connectivity index (χ3n) is 5.34. The molecule has 1 amide bonds. The average Bonchev–Trinajstić information content (AvgIpc) is 2.74. The molecule has 0 aliphatic carbocycles. The van der Waals surface area contributed by atoms with Crippen LogP contribution in [0.1, 0.15) is 38.7 Å². The predicted molar refractivity (Wildman–Crippen MR) is 141 cm³/mol. The summed E-state index contributed by atoms with van der Waals surface area (Å²) < 4.78 is 0. The molecule has 31 heavy (non-hydrogen) atoms. The largest absolute Gasteiger partial charge is 0.380 e. The number of aliphatic imine (C=N–C) groups is 1. The lowest BCUT2D eigenvalue weighted by molar-refractivity contribution is -0.116. The monoisotopic (exact) mass is 535 g/mol. The number of hydrogen-bond donors (Lipinski definition) is 4. The second-order valence-corrected chi connectivity index (χ2v) is 8.00. The second kappa shape index (κ2) is 12.5. The molecule has 2 aromatic rings. The van der Waals surface area contributed by atoms with Crippen LogP contribution in [0.4, 0.5) is 11.4 Å². The third-order valence-corrected chi connectivity index (χ3v) is 5.34. The molecule has 1 aliphatic heterocycles. The number of hydrogen-bond acceptors (Lipinski definition) is 3. The van der Waals surface area contributed by atoms with E-state index in [1.807, 2.05) is 36.4 Å². The predicted octanol–water partition coefficient (Wildman–Crippen LogP) is 4.42. The van der Waals surface area contributed by atoms with Crippen LogP contribution in [-0.2, 0) is 4.79 Å². The third kappa shape index (κ3) is 7.41. The summed E-state index contributed by atoms with van der Waals surface area (Å²) in [4.78, 5) is 16.9. The van der Waals surface area contributed by atoms with Gasteiger partial charge in [0.05, 0.1) is 6.54 Å². The molecule has 1 aliphatic rings. The molecule has 2 aromatic carbocycles. The van der Waals surface area contributed by atoms with Crippen LogP contribution in [0.25, 0.3) is 0 Å². The number of fused-ring (bicyclic) bond motifs is 1. The van der Waals surface area contributed by atoms with Crippen molar-refractivity contribution in [1.82, 2.24) is 10.6 Å². The van der Waals surface area contributed by atoms with Crippen molar-refractivity contribution in [2.24, 2.45) is 10.9 Å². The van der Waals surface area contributed by atoms with Crippen LogP contribution >= 0.6 is 24.0 Å². The van der Waals surface area contributed by atoms with Crippen molar-refractivity contribution in [2.45, 2.75) is 39.2 Å². The van der Waals surface area contributed by atoms with Gasteiger partial charge in [0.15, 0.2) is 5.96 Å². The molecule has 4 N–H and O–H groups in total. The van der Waals surface area contributed by atoms with Crippen LogP contribution in [-0.4, -0.2) is 37.5 Å². The van der Waals surface area contributed by atoms with Gasteiger partial charge in [-0.05, 0) is 36.6 Å². The summed E-state index contributed by atoms with van der Waals surface area (Å²) in [7, 11) is 0. The number of amides is 1. The topological polar surface area (TPSA) is 77.6 Å². The smallest absolute Gasteiger partial charge is 0.225 e. The zero-order valence-electron chi connectivity index (χ0n) is 18.5. The van der Waals surface area contributed by atoms with Gasteiger partial charge in [0, 0.05) is 42.8 Å². The first kappa shape index (κ1) is 25.0. The van der Waals surface area contributed by atoms with Gasteiger partial charge in [0.25, 0.3) is 0 Å². The Morgan fingerprint density at radius 3 is 2.52 bits per heavy atom. The quantitative estimate of drug-likeness (QED) is 0.229. The number of benzene rings is 2. The molecule has 0 radical (unpaired) electrons. The molecule has 0 aromatic heterocycles. The summed E-state index contributed by atoms with van der Waals surface area (Å²) in [6.07, 6.45) is 0.480. The summed E-state index contributed by atoms with van der Waals surface area (Å²) in [6, 6.07) is 18.5. The first-order valence-electron chi connectivity index (χ1n) is 10.8. The van der Waals surface area contributed by atoms with Gasteiger partial charge in [0.2, 0.25) is 5.91 Å². The fraction of sp³-hybridized carbons (Fsp3) is 0.417. The van der Waals surface area contributed by atoms with E-state index in [1.165, 1.54) is 5.56 Å². The molecule has 168 valence electrons. The maximum absolute atomic E-state index is 12.1. The van der Waals surface area contributed by atoms with Crippen molar-refractivity contribution in [3.63, 3.8) is 0 Å². The van der Waals surface area contributed by atoms with E-state index in [4.69, 9.17) is 4.99 Å². The number of rotatable bonds is 8. The van der Waals surface area contributed by atoms with Gasteiger partial charge in [-0.2, -0.15) is 0 Å². The molecule has 0 bridgehead atoms. The number of halogens is 1. The standard InChI is InChI=1S/C24H33N5O.HI/c1-4-25-24(27-16-22(17(2)3)28-19-10-6-5-7-11-19)26-15-18-14-23(30)29-21-13-9-8-12-20(18)21;/h5-13,17-18,22,28H,4,14-16H2,1-3H3,(H,29,30)(H2,25,26,27);1H. The van der Waals surface area contributed by atoms with Crippen molar-refractivity contribution >= 4 is 47.2 Å². The van der Waals surface area contributed by atoms with Crippen LogP contribution in [0.2, 0.25) is 0 Å². The van der Waals surface area contributed by atoms with E-state index in [9.17, 15) is 4.79 Å². The van der Waals surface area contributed by atoms with E-state index in [1.54, 1.807) is 0 Å². The van der Waals surface area contributed by atoms with Crippen LogP contribution in [0.3, 0.4) is 0 Å². The van der Waals surface area contributed by atoms with Crippen LogP contribution < -0.4 is 21.3 Å². The van der Waals surface area contributed by atoms with E-state index < -0.39 is 0 Å². The first-order chi connectivity index (χ1) is 14.6. The summed E-state index contributed by atoms with van der Waals surface area (Å²) in [5, 5.41) is 13.3. The number of anilines is 2. The van der Waals surface area contributed by atoms with Crippen molar-refractivity contribution < 1.29 is 4.79 Å². The molecular formula is C24H34IN5O. The van der Waals surface area contributed by atoms with Gasteiger partial charge in [0.1, 0.15) is 0 Å². The maximum atomic E-state index is 12.1. The minimum absolute atomic E-state index is 0. The van der Waals surface area contributed by atoms with Crippen molar-refractivity contribution in [3.8, 4) is 0 Å². The van der Waals surface area contributed by atoms with E-state index >= 15 is 0 Å². The highest BCUT2D eigenvalue weighted by atomic mass is 127. The number of para-hydroxylation sites is 2. The Labute approximate surface area is 202 Å². The van der Waals surface area contributed by atoms with E-state index in [2.05, 4.69) is 60.2 Å². The van der Waals surface area contributed by atoms with Gasteiger partial charge in [-0.1, -0.05) is 50.2 Å². The van der Waals surface area contributed by atoms with Crippen molar-refractivity contribution in [1.29, 1.82) is 0 Å². The van der Waals surface area contributed by atoms with Gasteiger partial charge < -0.3 is 21.3 Å². The Hall–Kier alpha value is -2.29. The highest BCUT2D eigenvalue weighted by molar-refractivity contribution is 14.0. The van der Waals surface area contributed by atoms with Gasteiger partial charge in [-0.15, -0.1) is 24.0 Å². The fourth-order valence-corrected chi connectivity index (χ4v) is 3.61. The van der Waals surface area contributed by atoms with Gasteiger partial charge >= 0.3 is 0 Å². The lowest BCUT2D eigenvalue weighted by atomic mass is 9.90. The maximum Gasteiger partial charge on any atom is 0.225 e. The molecule has 2 unspecified atom stereocenters. The number of nitrogens with one attached hydrogen (secondary N) is 4. The summed E-state index contributed by atoms with van der Waals surface area (Å²) in [5.74, 6) is 1.41. The molecule has 2 atom stereocenters. The number of guanidine groups is 1. The summed E-state index contributed by atoms with van der Waals surface area (Å²) in [6.45, 7) is 8.56. The van der Waals surface area contributed by atoms with Gasteiger partial charge in [-0.3, -0.25) is 9.79 Å². The molecular weight excluding hydrogens is 501 g/mol. The molecule has 7 heteroatoms. The normalized spacial score (nSPS) is 16.6. The highest BCUT2D eigenvalue weighted by Gasteiger charge is 2.24. The van der Waals surface area contributed by atoms with Crippen LogP contribution in [0.5, 0.6) is 0 Å². The molecule has 0 fully saturated rings. The zero-order valence-corrected chi connectivity index (χ0v) is 20.9. The van der Waals surface area contributed by atoms with Crippen molar-refractivity contribution in [2.75, 3.05) is 30.3 Å². The molecule has 0 spiro atoms. The molecule has 6 nitrogen and oxygen atoms in total. The Morgan fingerprint density at radius 1 is 1.10 bits per heavy atom. The molecule has 0 saturated heterocycles. The summed E-state index contributed by atoms with van der Waals surface area (Å²) in [5.41, 5.74) is 3.19. The van der Waals surface area contributed by atoms with E-state index in [0.717, 1.165) is 23.9 Å². The Bertz CT molecular complexity index is 856. The zero-order chi connectivity index (χ0) is 21.3.